The Morgan fingerprint density at radius 2 is 2.55 bits per heavy atom. The first kappa shape index (κ1) is 14.7. The van der Waals surface area contributed by atoms with Gasteiger partial charge in [0.1, 0.15) is 0 Å². The lowest BCUT2D eigenvalue weighted by Crippen LogP contribution is -2.31. The van der Waals surface area contributed by atoms with Crippen molar-refractivity contribution in [3.8, 4) is 23.0 Å². The highest BCUT2D eigenvalue weighted by Gasteiger charge is 2.14. The van der Waals surface area contributed by atoms with Crippen LogP contribution in [-0.2, 0) is 10.5 Å². The fraction of sp³-hybridized carbons (Fsp3) is 0.286. The van der Waals surface area contributed by atoms with Gasteiger partial charge in [-0.25, -0.2) is 0 Å². The van der Waals surface area contributed by atoms with Crippen molar-refractivity contribution in [2.75, 3.05) is 6.54 Å². The minimum Gasteiger partial charge on any atom is -0.355 e. The summed E-state index contributed by atoms with van der Waals surface area (Å²) < 4.78 is 5.29. The van der Waals surface area contributed by atoms with Crippen molar-refractivity contribution in [3.63, 3.8) is 0 Å². The fourth-order valence-electron chi connectivity index (χ4n) is 1.48. The van der Waals surface area contributed by atoms with Crippen LogP contribution in [0.4, 0.5) is 0 Å². The lowest BCUT2D eigenvalue weighted by Gasteiger charge is -2.08. The Hall–Kier alpha value is -1.71. The van der Waals surface area contributed by atoms with Crippen molar-refractivity contribution in [1.29, 1.82) is 0 Å². The standard InChI is InChI=1S/C14H14N2O2S2/c1-3-6-15-14(17)10(2)20-9-11-8-12(18-16-11)13-5-4-7-19-13/h1,4-5,7-8,10H,6,9H2,2H3,(H,15,17)/t10-/m1/s1. The number of carbonyl (C=O) groups is 1. The van der Waals surface area contributed by atoms with E-state index < -0.39 is 0 Å². The molecule has 0 saturated carbocycles. The van der Waals surface area contributed by atoms with Crippen LogP contribution in [0.25, 0.3) is 10.6 Å². The van der Waals surface area contributed by atoms with Crippen LogP contribution in [0.15, 0.2) is 28.1 Å². The number of thiophene rings is 1. The van der Waals surface area contributed by atoms with E-state index >= 15 is 0 Å². The first-order valence-electron chi connectivity index (χ1n) is 6.03. The number of nitrogens with one attached hydrogen (secondary N) is 1. The molecule has 0 spiro atoms. The van der Waals surface area contributed by atoms with E-state index in [2.05, 4.69) is 16.4 Å². The van der Waals surface area contributed by atoms with Crippen molar-refractivity contribution in [1.82, 2.24) is 10.5 Å². The van der Waals surface area contributed by atoms with Gasteiger partial charge in [-0.1, -0.05) is 17.1 Å². The number of terminal acetylenes is 1. The van der Waals surface area contributed by atoms with Crippen LogP contribution in [0, 0.1) is 12.3 Å². The zero-order chi connectivity index (χ0) is 14.4. The first-order valence-corrected chi connectivity index (χ1v) is 7.96. The lowest BCUT2D eigenvalue weighted by molar-refractivity contribution is -0.120. The van der Waals surface area contributed by atoms with E-state index in [9.17, 15) is 4.79 Å². The summed E-state index contributed by atoms with van der Waals surface area (Å²) in [6.45, 7) is 2.10. The Morgan fingerprint density at radius 1 is 1.70 bits per heavy atom. The molecule has 2 aromatic heterocycles. The normalized spacial score (nSPS) is 11.8. The number of nitrogens with zero attached hydrogens (tertiary/aromatic N) is 1. The van der Waals surface area contributed by atoms with E-state index in [1.165, 1.54) is 11.8 Å². The van der Waals surface area contributed by atoms with E-state index in [0.29, 0.717) is 5.75 Å². The molecule has 1 N–H and O–H groups in total. The number of carbonyl (C=O) groups excluding carboxylic acids is 1. The summed E-state index contributed by atoms with van der Waals surface area (Å²) in [5, 5.41) is 8.48. The molecular formula is C14H14N2O2S2. The zero-order valence-corrected chi connectivity index (χ0v) is 12.6. The molecule has 0 aliphatic rings. The van der Waals surface area contributed by atoms with Gasteiger partial charge in [0.25, 0.3) is 0 Å². The van der Waals surface area contributed by atoms with Gasteiger partial charge in [0.2, 0.25) is 5.91 Å². The van der Waals surface area contributed by atoms with Crippen molar-refractivity contribution < 1.29 is 9.32 Å². The summed E-state index contributed by atoms with van der Waals surface area (Å²) in [6, 6.07) is 5.86. The second-order valence-corrected chi connectivity index (χ2v) is 6.31. The molecule has 0 unspecified atom stereocenters. The number of amides is 1. The maximum Gasteiger partial charge on any atom is 0.233 e. The average Bonchev–Trinajstić information content (AvgIpc) is 3.12. The predicted molar refractivity (Wildman–Crippen MR) is 82.4 cm³/mol. The summed E-state index contributed by atoms with van der Waals surface area (Å²) >= 11 is 3.10. The molecule has 0 radical (unpaired) electrons. The van der Waals surface area contributed by atoms with Gasteiger partial charge in [0.05, 0.1) is 22.4 Å². The second-order valence-electron chi connectivity index (χ2n) is 4.03. The van der Waals surface area contributed by atoms with E-state index in [4.69, 9.17) is 10.9 Å². The van der Waals surface area contributed by atoms with Gasteiger partial charge in [-0.05, 0) is 18.4 Å². The molecule has 1 atom stereocenters. The molecule has 2 aromatic rings. The summed E-state index contributed by atoms with van der Waals surface area (Å²) in [6.07, 6.45) is 5.10. The Kier molecular flexibility index (Phi) is 5.27. The SMILES string of the molecule is C#CCNC(=O)[C@@H](C)SCc1cc(-c2cccs2)on1. The van der Waals surface area contributed by atoms with Crippen LogP contribution in [0.1, 0.15) is 12.6 Å². The van der Waals surface area contributed by atoms with Crippen LogP contribution in [-0.4, -0.2) is 22.9 Å². The minimum absolute atomic E-state index is 0.0603. The summed E-state index contributed by atoms with van der Waals surface area (Å²) in [4.78, 5) is 12.7. The molecule has 0 bridgehead atoms. The van der Waals surface area contributed by atoms with E-state index in [1.54, 1.807) is 11.3 Å². The number of hydrogen-bond donors (Lipinski definition) is 1. The Labute approximate surface area is 125 Å². The van der Waals surface area contributed by atoms with Crippen molar-refractivity contribution in [3.05, 3.63) is 29.3 Å². The molecule has 2 heterocycles. The fourth-order valence-corrected chi connectivity index (χ4v) is 2.95. The Bertz CT molecular complexity index is 599. The van der Waals surface area contributed by atoms with Crippen LogP contribution < -0.4 is 5.32 Å². The zero-order valence-electron chi connectivity index (χ0n) is 11.0. The van der Waals surface area contributed by atoms with E-state index in [0.717, 1.165) is 16.3 Å². The number of thioether (sulfide) groups is 1. The molecule has 0 aliphatic carbocycles. The summed E-state index contributed by atoms with van der Waals surface area (Å²) in [5.41, 5.74) is 0.829. The van der Waals surface area contributed by atoms with Gasteiger partial charge in [-0.2, -0.15) is 0 Å². The van der Waals surface area contributed by atoms with Crippen molar-refractivity contribution >= 4 is 29.0 Å². The smallest absolute Gasteiger partial charge is 0.233 e. The third kappa shape index (κ3) is 3.89. The van der Waals surface area contributed by atoms with E-state index in [1.807, 2.05) is 30.5 Å². The van der Waals surface area contributed by atoms with Gasteiger partial charge < -0.3 is 9.84 Å². The second kappa shape index (κ2) is 7.17. The predicted octanol–water partition coefficient (Wildman–Crippen LogP) is 2.77. The topological polar surface area (TPSA) is 55.1 Å². The highest BCUT2D eigenvalue weighted by molar-refractivity contribution is 7.99. The third-order valence-electron chi connectivity index (χ3n) is 2.54. The molecule has 20 heavy (non-hydrogen) atoms. The van der Waals surface area contributed by atoms with Crippen molar-refractivity contribution in [2.45, 2.75) is 17.9 Å². The number of hydrogen-bond acceptors (Lipinski definition) is 5. The minimum atomic E-state index is -0.176. The molecule has 0 aromatic carbocycles. The van der Waals surface area contributed by atoms with Gasteiger partial charge in [0, 0.05) is 11.8 Å². The lowest BCUT2D eigenvalue weighted by atomic mass is 10.3. The summed E-state index contributed by atoms with van der Waals surface area (Å²) in [5.74, 6) is 3.71. The monoisotopic (exact) mass is 306 g/mol. The average molecular weight is 306 g/mol. The van der Waals surface area contributed by atoms with Gasteiger partial charge in [-0.3, -0.25) is 4.79 Å². The Balaban J connectivity index is 1.85. The van der Waals surface area contributed by atoms with Crippen LogP contribution in [0.2, 0.25) is 0 Å². The first-order chi connectivity index (χ1) is 9.70. The van der Waals surface area contributed by atoms with Gasteiger partial charge in [-0.15, -0.1) is 29.5 Å². The van der Waals surface area contributed by atoms with E-state index in [-0.39, 0.29) is 17.7 Å². The largest absolute Gasteiger partial charge is 0.355 e. The molecule has 1 amide bonds. The number of aromatic nitrogens is 1. The molecule has 4 nitrogen and oxygen atoms in total. The highest BCUT2D eigenvalue weighted by Crippen LogP contribution is 2.27. The third-order valence-corrected chi connectivity index (χ3v) is 4.60. The Morgan fingerprint density at radius 3 is 3.25 bits per heavy atom. The molecule has 2 rings (SSSR count). The molecule has 0 saturated heterocycles. The van der Waals surface area contributed by atoms with Crippen molar-refractivity contribution in [2.24, 2.45) is 0 Å². The van der Waals surface area contributed by atoms with Crippen LogP contribution in [0.3, 0.4) is 0 Å². The van der Waals surface area contributed by atoms with Gasteiger partial charge in [0.15, 0.2) is 5.76 Å². The molecule has 0 aliphatic heterocycles. The maximum atomic E-state index is 11.6. The molecule has 0 fully saturated rings. The van der Waals surface area contributed by atoms with Crippen LogP contribution >= 0.6 is 23.1 Å². The quantitative estimate of drug-likeness (QED) is 0.834. The maximum absolute atomic E-state index is 11.6. The molecule has 6 heteroatoms. The van der Waals surface area contributed by atoms with Gasteiger partial charge >= 0.3 is 0 Å². The number of rotatable bonds is 6. The van der Waals surface area contributed by atoms with Crippen LogP contribution in [0.5, 0.6) is 0 Å². The highest BCUT2D eigenvalue weighted by atomic mass is 32.2. The molecule has 104 valence electrons. The summed E-state index contributed by atoms with van der Waals surface area (Å²) in [7, 11) is 0. The molecular weight excluding hydrogens is 292 g/mol.